The molecule has 1 aliphatic rings. The van der Waals surface area contributed by atoms with Gasteiger partial charge in [0, 0.05) is 11.8 Å². The van der Waals surface area contributed by atoms with E-state index in [0.29, 0.717) is 13.3 Å². The maximum atomic E-state index is 12.6. The highest BCUT2D eigenvalue weighted by Crippen LogP contribution is 2.30. The molecule has 1 aromatic heterocycles. The molecule has 1 saturated heterocycles. The van der Waals surface area contributed by atoms with Gasteiger partial charge >= 0.3 is 10.2 Å². The van der Waals surface area contributed by atoms with Crippen molar-refractivity contribution in [3.8, 4) is 0 Å². The lowest BCUT2D eigenvalue weighted by Gasteiger charge is -2.35. The van der Waals surface area contributed by atoms with Crippen molar-refractivity contribution in [2.75, 3.05) is 24.8 Å². The summed E-state index contributed by atoms with van der Waals surface area (Å²) in [6.45, 7) is -0.726. The fourth-order valence-corrected chi connectivity index (χ4v) is 6.03. The number of fused-ring (bicyclic) bond motifs is 1. The summed E-state index contributed by atoms with van der Waals surface area (Å²) in [5.74, 6) is -2.58. The van der Waals surface area contributed by atoms with Crippen molar-refractivity contribution in [1.82, 2.24) is 13.6 Å². The van der Waals surface area contributed by atoms with Crippen LogP contribution in [-0.4, -0.2) is 73.1 Å². The first kappa shape index (κ1) is 23.7. The zero-order chi connectivity index (χ0) is 23.0. The number of hydrogen-bond acceptors (Lipinski definition) is 10. The van der Waals surface area contributed by atoms with Gasteiger partial charge in [-0.2, -0.15) is 13.5 Å². The number of aromatic nitrogens is 1. The van der Waals surface area contributed by atoms with Gasteiger partial charge in [0.2, 0.25) is 21.2 Å². The Balaban J connectivity index is 1.96. The molecule has 0 aliphatic carbocycles. The van der Waals surface area contributed by atoms with Gasteiger partial charge in [-0.3, -0.25) is 9.59 Å². The number of sulfonamides is 1. The fraction of sp³-hybridized carbons (Fsp3) is 0.357. The van der Waals surface area contributed by atoms with Crippen molar-refractivity contribution in [2.45, 2.75) is 10.9 Å². The molecule has 17 heteroatoms. The van der Waals surface area contributed by atoms with Crippen molar-refractivity contribution in [3.63, 3.8) is 0 Å². The van der Waals surface area contributed by atoms with Crippen LogP contribution in [0.4, 0.5) is 5.13 Å². The Hall–Kier alpha value is -1.91. The molecule has 0 unspecified atom stereocenters. The summed E-state index contributed by atoms with van der Waals surface area (Å²) in [4.78, 5) is 29.1. The van der Waals surface area contributed by atoms with Gasteiger partial charge in [0.1, 0.15) is 0 Å². The molecule has 2 aromatic rings. The van der Waals surface area contributed by atoms with E-state index >= 15 is 0 Å². The maximum absolute atomic E-state index is 12.6. The number of alkyl halides is 2. The molecule has 2 amide bonds. The van der Waals surface area contributed by atoms with E-state index in [1.54, 1.807) is 0 Å². The van der Waals surface area contributed by atoms with E-state index < -0.39 is 38.1 Å². The molecule has 2 heterocycles. The summed E-state index contributed by atoms with van der Waals surface area (Å²) in [6, 6.07) is 2.25. The summed E-state index contributed by atoms with van der Waals surface area (Å²) >= 11 is 12.2. The molecule has 3 rings (SSSR count). The first-order chi connectivity index (χ1) is 14.5. The minimum absolute atomic E-state index is 0.0170. The van der Waals surface area contributed by atoms with Crippen molar-refractivity contribution in [1.29, 1.82) is 0 Å². The molecule has 1 aromatic carbocycles. The Morgan fingerprint density at radius 2 is 1.71 bits per heavy atom. The van der Waals surface area contributed by atoms with Crippen LogP contribution in [0.1, 0.15) is 0 Å². The van der Waals surface area contributed by atoms with E-state index in [0.717, 1.165) is 11.3 Å². The molecule has 12 nitrogen and oxygen atoms in total. The van der Waals surface area contributed by atoms with E-state index in [4.69, 9.17) is 28.3 Å². The molecule has 0 radical (unpaired) electrons. The van der Waals surface area contributed by atoms with Crippen LogP contribution in [-0.2, 0) is 29.8 Å². The Morgan fingerprint density at radius 1 is 1.13 bits per heavy atom. The molecule has 0 saturated carbocycles. The zero-order valence-electron chi connectivity index (χ0n) is 15.4. The lowest BCUT2D eigenvalue weighted by Crippen LogP contribution is -2.62. The lowest BCUT2D eigenvalue weighted by molar-refractivity contribution is -0.140. The standard InChI is InChI=1S/C14H14Cl2N6O6S3/c15-3-5-21-12(23)11(13(24)22(6-4-16)31(21,27)28)19-20-14-18-9-7-8(30(17,25)26)1-2-10(9)29-14/h1-2,7,11H,3-6H2,(H2,17,25,26). The van der Waals surface area contributed by atoms with Gasteiger partial charge in [0.15, 0.2) is 0 Å². The van der Waals surface area contributed by atoms with E-state index in [2.05, 4.69) is 15.2 Å². The SMILES string of the molecule is NS(=O)(=O)c1ccc2sc(N=NC3C(=O)N(CCCl)S(=O)(=O)N(CCCl)C3=O)nc2c1. The number of nitrogens with zero attached hydrogens (tertiary/aromatic N) is 5. The zero-order valence-corrected chi connectivity index (χ0v) is 19.3. The summed E-state index contributed by atoms with van der Waals surface area (Å²) in [5, 5.41) is 12.6. The largest absolute Gasteiger partial charge is 0.331 e. The second kappa shape index (κ2) is 8.91. The number of azo groups is 1. The van der Waals surface area contributed by atoms with Crippen LogP contribution in [0.25, 0.3) is 10.2 Å². The van der Waals surface area contributed by atoms with Crippen LogP contribution < -0.4 is 5.14 Å². The molecule has 1 aliphatic heterocycles. The third-order valence-electron chi connectivity index (χ3n) is 4.03. The molecule has 31 heavy (non-hydrogen) atoms. The van der Waals surface area contributed by atoms with E-state index in [9.17, 15) is 26.4 Å². The number of nitrogens with two attached hydrogens (primary N) is 1. The number of halogens is 2. The molecular weight excluding hydrogens is 515 g/mol. The topological polar surface area (TPSA) is 173 Å². The third kappa shape index (κ3) is 4.65. The van der Waals surface area contributed by atoms with Gasteiger partial charge in [-0.25, -0.2) is 27.2 Å². The predicted octanol–water partition coefficient (Wildman–Crippen LogP) is 0.789. The molecule has 0 spiro atoms. The molecule has 1 fully saturated rings. The van der Waals surface area contributed by atoms with Gasteiger partial charge in [0.25, 0.3) is 11.8 Å². The number of carbonyl (C=O) groups is 2. The number of carbonyl (C=O) groups excluding carboxylic acids is 2. The van der Waals surface area contributed by atoms with E-state index in [1.807, 2.05) is 0 Å². The van der Waals surface area contributed by atoms with Gasteiger partial charge in [0.05, 0.1) is 28.2 Å². The predicted molar refractivity (Wildman–Crippen MR) is 113 cm³/mol. The van der Waals surface area contributed by atoms with Crippen molar-refractivity contribution < 1.29 is 26.4 Å². The minimum atomic E-state index is -4.43. The number of hydrogen-bond donors (Lipinski definition) is 1. The van der Waals surface area contributed by atoms with Crippen LogP contribution in [0, 0.1) is 0 Å². The highest BCUT2D eigenvalue weighted by atomic mass is 35.5. The van der Waals surface area contributed by atoms with Gasteiger partial charge in [-0.05, 0) is 18.2 Å². The van der Waals surface area contributed by atoms with Crippen LogP contribution in [0.5, 0.6) is 0 Å². The highest BCUT2D eigenvalue weighted by molar-refractivity contribution is 7.89. The lowest BCUT2D eigenvalue weighted by atomic mass is 10.2. The Labute approximate surface area is 190 Å². The second-order valence-electron chi connectivity index (χ2n) is 6.00. The van der Waals surface area contributed by atoms with Crippen molar-refractivity contribution in [2.24, 2.45) is 15.4 Å². The summed E-state index contributed by atoms with van der Waals surface area (Å²) in [7, 11) is -8.36. The average molecular weight is 529 g/mol. The Bertz CT molecular complexity index is 1250. The van der Waals surface area contributed by atoms with Crippen molar-refractivity contribution >= 4 is 81.9 Å². The molecule has 2 N–H and O–H groups in total. The van der Waals surface area contributed by atoms with Crippen LogP contribution in [0.15, 0.2) is 33.3 Å². The minimum Gasteiger partial charge on any atom is -0.271 e. The Morgan fingerprint density at radius 3 is 2.23 bits per heavy atom. The highest BCUT2D eigenvalue weighted by Gasteiger charge is 2.49. The second-order valence-corrected chi connectivity index (χ2v) is 11.1. The van der Waals surface area contributed by atoms with Crippen LogP contribution in [0.3, 0.4) is 0 Å². The molecule has 168 valence electrons. The van der Waals surface area contributed by atoms with Crippen LogP contribution in [0.2, 0.25) is 0 Å². The number of amides is 2. The Kier molecular flexibility index (Phi) is 6.83. The quantitative estimate of drug-likeness (QED) is 0.314. The fourth-order valence-electron chi connectivity index (χ4n) is 2.65. The molecule has 0 atom stereocenters. The van der Waals surface area contributed by atoms with Gasteiger partial charge in [-0.1, -0.05) is 11.3 Å². The first-order valence-corrected chi connectivity index (χ1v) is 13.2. The summed E-state index contributed by atoms with van der Waals surface area (Å²) in [5.41, 5.74) is 0.266. The maximum Gasteiger partial charge on any atom is 0.331 e. The number of rotatable bonds is 7. The number of thiazole rings is 1. The smallest absolute Gasteiger partial charge is 0.271 e. The molecule has 0 bridgehead atoms. The summed E-state index contributed by atoms with van der Waals surface area (Å²) in [6.07, 6.45) is 0. The first-order valence-electron chi connectivity index (χ1n) is 8.35. The van der Waals surface area contributed by atoms with Gasteiger partial charge in [-0.15, -0.1) is 28.3 Å². The van der Waals surface area contributed by atoms with Crippen molar-refractivity contribution in [3.05, 3.63) is 18.2 Å². The monoisotopic (exact) mass is 528 g/mol. The van der Waals surface area contributed by atoms with E-state index in [1.165, 1.54) is 18.2 Å². The van der Waals surface area contributed by atoms with Gasteiger partial charge < -0.3 is 0 Å². The molecular formula is C14H14Cl2N6O6S3. The third-order valence-corrected chi connectivity index (χ3v) is 8.04. The summed E-state index contributed by atoms with van der Waals surface area (Å²) < 4.78 is 49.4. The van der Waals surface area contributed by atoms with E-state index in [-0.39, 0.29) is 40.4 Å². The normalized spacial score (nSPS) is 17.9. The number of benzene rings is 1. The van der Waals surface area contributed by atoms with Crippen LogP contribution >= 0.6 is 34.5 Å². The average Bonchev–Trinajstić information content (AvgIpc) is 3.10. The number of primary sulfonamides is 1.